The smallest absolute Gasteiger partial charge is 0.234 e. The summed E-state index contributed by atoms with van der Waals surface area (Å²) in [4.78, 5) is 13.2. The summed E-state index contributed by atoms with van der Waals surface area (Å²) in [6.45, 7) is 2.02. The van der Waals surface area contributed by atoms with E-state index < -0.39 is 0 Å². The Bertz CT molecular complexity index is 944. The zero-order chi connectivity index (χ0) is 19.8. The number of benzene rings is 3. The van der Waals surface area contributed by atoms with E-state index in [1.165, 1.54) is 11.8 Å². The van der Waals surface area contributed by atoms with Gasteiger partial charge in [-0.05, 0) is 61.6 Å². The number of nitrogens with one attached hydrogen (secondary N) is 3. The van der Waals surface area contributed by atoms with Crippen LogP contribution >= 0.6 is 24.0 Å². The molecule has 0 aliphatic carbocycles. The van der Waals surface area contributed by atoms with Crippen molar-refractivity contribution in [2.24, 2.45) is 0 Å². The van der Waals surface area contributed by atoms with E-state index in [0.717, 1.165) is 27.5 Å². The summed E-state index contributed by atoms with van der Waals surface area (Å²) in [5, 5.41) is 9.74. The Balaban J connectivity index is 1.50. The van der Waals surface area contributed by atoms with Crippen LogP contribution in [-0.4, -0.2) is 16.8 Å². The van der Waals surface area contributed by atoms with Crippen molar-refractivity contribution < 1.29 is 4.79 Å². The summed E-state index contributed by atoms with van der Waals surface area (Å²) in [5.41, 5.74) is 3.77. The van der Waals surface area contributed by atoms with E-state index in [1.807, 2.05) is 85.8 Å². The average molecular weight is 408 g/mol. The van der Waals surface area contributed by atoms with E-state index in [9.17, 15) is 4.79 Å². The fourth-order valence-electron chi connectivity index (χ4n) is 2.46. The second-order valence-corrected chi connectivity index (χ2v) is 7.63. The number of carbonyl (C=O) groups is 1. The number of thioether (sulfide) groups is 1. The average Bonchev–Trinajstić information content (AvgIpc) is 2.69. The molecular formula is C22H21N3OS2. The van der Waals surface area contributed by atoms with Gasteiger partial charge >= 0.3 is 0 Å². The van der Waals surface area contributed by atoms with Crippen molar-refractivity contribution >= 4 is 52.1 Å². The Hall–Kier alpha value is -2.83. The van der Waals surface area contributed by atoms with Crippen LogP contribution in [0.3, 0.4) is 0 Å². The lowest BCUT2D eigenvalue weighted by Crippen LogP contribution is -2.19. The zero-order valence-electron chi connectivity index (χ0n) is 15.4. The molecule has 0 spiro atoms. The third-order valence-corrected chi connectivity index (χ3v) is 5.03. The van der Waals surface area contributed by atoms with Gasteiger partial charge in [-0.15, -0.1) is 11.8 Å². The lowest BCUT2D eigenvalue weighted by molar-refractivity contribution is -0.113. The van der Waals surface area contributed by atoms with Crippen LogP contribution in [0.15, 0.2) is 83.8 Å². The minimum absolute atomic E-state index is 0.0338. The Morgan fingerprint density at radius 2 is 1.46 bits per heavy atom. The van der Waals surface area contributed by atoms with Gasteiger partial charge in [0, 0.05) is 22.0 Å². The summed E-state index contributed by atoms with van der Waals surface area (Å²) in [6, 6.07) is 25.3. The third kappa shape index (κ3) is 6.40. The molecule has 142 valence electrons. The van der Waals surface area contributed by atoms with Gasteiger partial charge < -0.3 is 16.0 Å². The maximum Gasteiger partial charge on any atom is 0.234 e. The molecule has 3 rings (SSSR count). The molecule has 3 N–H and O–H groups in total. The number of hydrogen-bond donors (Lipinski definition) is 3. The molecule has 0 aliphatic rings. The lowest BCUT2D eigenvalue weighted by atomic mass is 10.2. The number of carbonyl (C=O) groups excluding carboxylic acids is 1. The van der Waals surface area contributed by atoms with E-state index in [0.29, 0.717) is 10.9 Å². The van der Waals surface area contributed by atoms with Crippen molar-refractivity contribution in [2.45, 2.75) is 11.8 Å². The number of aryl methyl sites for hydroxylation is 1. The summed E-state index contributed by atoms with van der Waals surface area (Å²) < 4.78 is 0. The van der Waals surface area contributed by atoms with Gasteiger partial charge in [-0.1, -0.05) is 42.0 Å². The Morgan fingerprint density at radius 3 is 2.21 bits per heavy atom. The predicted molar refractivity (Wildman–Crippen MR) is 123 cm³/mol. The van der Waals surface area contributed by atoms with E-state index in [1.54, 1.807) is 0 Å². The third-order valence-electron chi connectivity index (χ3n) is 3.83. The summed E-state index contributed by atoms with van der Waals surface area (Å²) in [5.74, 6) is 0.304. The summed E-state index contributed by atoms with van der Waals surface area (Å²) in [7, 11) is 0. The van der Waals surface area contributed by atoms with Gasteiger partial charge in [0.25, 0.3) is 0 Å². The molecule has 0 saturated carbocycles. The number of anilines is 3. The number of para-hydroxylation sites is 1. The molecule has 0 radical (unpaired) electrons. The van der Waals surface area contributed by atoms with Gasteiger partial charge in [-0.2, -0.15) is 0 Å². The molecule has 0 fully saturated rings. The van der Waals surface area contributed by atoms with Gasteiger partial charge in [0.15, 0.2) is 5.11 Å². The van der Waals surface area contributed by atoms with Gasteiger partial charge in [-0.3, -0.25) is 4.79 Å². The molecule has 4 nitrogen and oxygen atoms in total. The van der Waals surface area contributed by atoms with Crippen LogP contribution in [0.5, 0.6) is 0 Å². The molecule has 0 aliphatic heterocycles. The second kappa shape index (κ2) is 9.92. The molecule has 0 aromatic heterocycles. The van der Waals surface area contributed by atoms with Crippen LogP contribution in [0.2, 0.25) is 0 Å². The maximum atomic E-state index is 12.2. The number of thiocarbonyl (C=S) groups is 1. The topological polar surface area (TPSA) is 53.2 Å². The molecule has 0 bridgehead atoms. The molecule has 3 aromatic carbocycles. The lowest BCUT2D eigenvalue weighted by Gasteiger charge is -2.11. The van der Waals surface area contributed by atoms with E-state index in [-0.39, 0.29) is 5.91 Å². The standard InChI is InChI=1S/C22H21N3OS2/c1-16-10-12-18(13-11-16)23-21(26)15-28-20-9-5-8-19(14-20)25-22(27)24-17-6-3-2-4-7-17/h2-14H,15H2,1H3,(H,23,26)(H2,24,25,27). The van der Waals surface area contributed by atoms with Gasteiger partial charge in [0.05, 0.1) is 5.75 Å². The van der Waals surface area contributed by atoms with E-state index >= 15 is 0 Å². The van der Waals surface area contributed by atoms with Crippen LogP contribution in [0.4, 0.5) is 17.1 Å². The highest BCUT2D eigenvalue weighted by atomic mass is 32.2. The first-order chi connectivity index (χ1) is 13.6. The maximum absolute atomic E-state index is 12.2. The zero-order valence-corrected chi connectivity index (χ0v) is 17.1. The predicted octanol–water partition coefficient (Wildman–Crippen LogP) is 5.53. The van der Waals surface area contributed by atoms with Crippen molar-refractivity contribution in [1.29, 1.82) is 0 Å². The fraction of sp³-hybridized carbons (Fsp3) is 0.0909. The van der Waals surface area contributed by atoms with E-state index in [4.69, 9.17) is 12.2 Å². The minimum Gasteiger partial charge on any atom is -0.332 e. The Kier molecular flexibility index (Phi) is 7.06. The molecule has 0 unspecified atom stereocenters. The molecular weight excluding hydrogens is 386 g/mol. The van der Waals surface area contributed by atoms with Crippen molar-refractivity contribution in [3.63, 3.8) is 0 Å². The first-order valence-electron chi connectivity index (χ1n) is 8.81. The Labute approximate surface area is 174 Å². The largest absolute Gasteiger partial charge is 0.332 e. The highest BCUT2D eigenvalue weighted by Crippen LogP contribution is 2.22. The SMILES string of the molecule is Cc1ccc(NC(=O)CSc2cccc(NC(=S)Nc3ccccc3)c2)cc1. The molecule has 28 heavy (non-hydrogen) atoms. The molecule has 0 heterocycles. The number of amides is 1. The summed E-state index contributed by atoms with van der Waals surface area (Å²) >= 11 is 6.84. The van der Waals surface area contributed by atoms with Crippen LogP contribution < -0.4 is 16.0 Å². The van der Waals surface area contributed by atoms with Crippen LogP contribution in [0, 0.1) is 6.92 Å². The summed E-state index contributed by atoms with van der Waals surface area (Å²) in [6.07, 6.45) is 0. The number of rotatable bonds is 6. The molecule has 0 atom stereocenters. The van der Waals surface area contributed by atoms with Crippen LogP contribution in [0.1, 0.15) is 5.56 Å². The fourth-order valence-corrected chi connectivity index (χ4v) is 3.45. The molecule has 3 aromatic rings. The van der Waals surface area contributed by atoms with Gasteiger partial charge in [0.1, 0.15) is 0 Å². The quantitative estimate of drug-likeness (QED) is 0.370. The van der Waals surface area contributed by atoms with Gasteiger partial charge in [0.2, 0.25) is 5.91 Å². The van der Waals surface area contributed by atoms with Crippen molar-refractivity contribution in [3.05, 3.63) is 84.4 Å². The van der Waals surface area contributed by atoms with Crippen LogP contribution in [0.25, 0.3) is 0 Å². The minimum atomic E-state index is -0.0338. The first kappa shape index (κ1) is 19.9. The molecule has 6 heteroatoms. The number of hydrogen-bond acceptors (Lipinski definition) is 3. The normalized spacial score (nSPS) is 10.2. The second-order valence-electron chi connectivity index (χ2n) is 6.18. The van der Waals surface area contributed by atoms with Crippen molar-refractivity contribution in [2.75, 3.05) is 21.7 Å². The van der Waals surface area contributed by atoms with Crippen molar-refractivity contribution in [1.82, 2.24) is 0 Å². The first-order valence-corrected chi connectivity index (χ1v) is 10.2. The highest BCUT2D eigenvalue weighted by Gasteiger charge is 2.05. The van der Waals surface area contributed by atoms with Crippen LogP contribution in [-0.2, 0) is 4.79 Å². The monoisotopic (exact) mass is 407 g/mol. The Morgan fingerprint density at radius 1 is 0.821 bits per heavy atom. The molecule has 0 saturated heterocycles. The van der Waals surface area contributed by atoms with E-state index in [2.05, 4.69) is 16.0 Å². The van der Waals surface area contributed by atoms with Gasteiger partial charge in [-0.25, -0.2) is 0 Å². The highest BCUT2D eigenvalue weighted by molar-refractivity contribution is 8.00. The molecule has 1 amide bonds. The van der Waals surface area contributed by atoms with Crippen molar-refractivity contribution in [3.8, 4) is 0 Å².